The van der Waals surface area contributed by atoms with Crippen LogP contribution < -0.4 is 0 Å². The normalized spacial score (nSPS) is 12.0. The van der Waals surface area contributed by atoms with E-state index in [0.29, 0.717) is 11.1 Å². The van der Waals surface area contributed by atoms with Gasteiger partial charge < -0.3 is 9.84 Å². The average molecular weight is 271 g/mol. The summed E-state index contributed by atoms with van der Waals surface area (Å²) in [5, 5.41) is 8.15. The van der Waals surface area contributed by atoms with E-state index in [4.69, 9.17) is 21.4 Å². The van der Waals surface area contributed by atoms with Crippen molar-refractivity contribution in [3.05, 3.63) is 34.9 Å². The molecule has 1 N–H and O–H groups in total. The monoisotopic (exact) mass is 270 g/mol. The number of ketones is 1. The fourth-order valence-electron chi connectivity index (χ4n) is 1.53. The summed E-state index contributed by atoms with van der Waals surface area (Å²) in [5.41, 5.74) is 1.21. The van der Waals surface area contributed by atoms with E-state index in [2.05, 4.69) is 0 Å². The zero-order chi connectivity index (χ0) is 13.7. The minimum Gasteiger partial charge on any atom is -0.462 e. The van der Waals surface area contributed by atoms with Crippen LogP contribution in [0.3, 0.4) is 0 Å². The number of carbonyl (C=O) groups is 2. The summed E-state index contributed by atoms with van der Waals surface area (Å²) in [7, 11) is 0. The smallest absolute Gasteiger partial charge is 0.338 e. The number of hydrogen-bond donors (Lipinski definition) is 1. The minimum absolute atomic E-state index is 0.183. The Morgan fingerprint density at radius 2 is 2.11 bits per heavy atom. The van der Waals surface area contributed by atoms with Gasteiger partial charge in [0.25, 0.3) is 0 Å². The van der Waals surface area contributed by atoms with Gasteiger partial charge in [0.1, 0.15) is 5.38 Å². The second kappa shape index (κ2) is 6.52. The molecule has 98 valence electrons. The number of alkyl halides is 1. The van der Waals surface area contributed by atoms with E-state index in [1.807, 2.05) is 0 Å². The Morgan fingerprint density at radius 3 is 2.61 bits per heavy atom. The van der Waals surface area contributed by atoms with E-state index in [0.717, 1.165) is 0 Å². The van der Waals surface area contributed by atoms with Gasteiger partial charge in [0, 0.05) is 0 Å². The molecular weight excluding hydrogens is 256 g/mol. The fourth-order valence-corrected chi connectivity index (χ4v) is 1.71. The zero-order valence-electron chi connectivity index (χ0n) is 10.3. The summed E-state index contributed by atoms with van der Waals surface area (Å²) in [5.74, 6) is -0.791. The maximum Gasteiger partial charge on any atom is 0.338 e. The van der Waals surface area contributed by atoms with E-state index >= 15 is 0 Å². The maximum absolute atomic E-state index is 11.7. The van der Waals surface area contributed by atoms with Crippen molar-refractivity contribution in [2.45, 2.75) is 25.8 Å². The quantitative estimate of drug-likeness (QED) is 0.658. The predicted octanol–water partition coefficient (Wildman–Crippen LogP) is 2.22. The number of rotatable bonds is 5. The molecule has 0 aliphatic rings. The van der Waals surface area contributed by atoms with E-state index < -0.39 is 11.3 Å². The number of benzene rings is 1. The molecule has 0 saturated heterocycles. The lowest BCUT2D eigenvalue weighted by Gasteiger charge is -2.13. The van der Waals surface area contributed by atoms with Crippen molar-refractivity contribution in [1.82, 2.24) is 0 Å². The molecule has 1 aromatic carbocycles. The molecule has 18 heavy (non-hydrogen) atoms. The predicted molar refractivity (Wildman–Crippen MR) is 67.6 cm³/mol. The molecular formula is C13H15ClO4. The highest BCUT2D eigenvalue weighted by Gasteiger charge is 2.22. The standard InChI is InChI=1S/C13H15ClO4/c1-3-18-13(17)10-5-4-9(7-15)6-11(10)12(14)8(2)16/h4-6,12,15H,3,7H2,1-2H3. The zero-order valence-corrected chi connectivity index (χ0v) is 11.0. The summed E-state index contributed by atoms with van der Waals surface area (Å²) < 4.78 is 4.90. The molecule has 0 saturated carbocycles. The molecule has 0 heterocycles. The molecule has 1 aromatic rings. The molecule has 4 nitrogen and oxygen atoms in total. The first-order valence-corrected chi connectivity index (χ1v) is 6.00. The van der Waals surface area contributed by atoms with Crippen LogP contribution in [0.15, 0.2) is 18.2 Å². The average Bonchev–Trinajstić information content (AvgIpc) is 2.37. The second-order valence-electron chi connectivity index (χ2n) is 3.77. The van der Waals surface area contributed by atoms with Gasteiger partial charge in [-0.3, -0.25) is 4.79 Å². The molecule has 1 atom stereocenters. The van der Waals surface area contributed by atoms with Gasteiger partial charge in [-0.25, -0.2) is 4.79 Å². The number of ether oxygens (including phenoxy) is 1. The van der Waals surface area contributed by atoms with Gasteiger partial charge in [-0.05, 0) is 31.0 Å². The molecule has 0 fully saturated rings. The van der Waals surface area contributed by atoms with Crippen LogP contribution in [0.25, 0.3) is 0 Å². The first-order valence-electron chi connectivity index (χ1n) is 5.56. The number of hydrogen-bond acceptors (Lipinski definition) is 4. The topological polar surface area (TPSA) is 63.6 Å². The summed E-state index contributed by atoms with van der Waals surface area (Å²) >= 11 is 5.98. The molecule has 5 heteroatoms. The molecule has 0 aliphatic carbocycles. The minimum atomic E-state index is -0.920. The number of halogens is 1. The third kappa shape index (κ3) is 3.31. The molecule has 0 bridgehead atoms. The van der Waals surface area contributed by atoms with Crippen molar-refractivity contribution in [2.24, 2.45) is 0 Å². The van der Waals surface area contributed by atoms with Crippen molar-refractivity contribution in [1.29, 1.82) is 0 Å². The Morgan fingerprint density at radius 1 is 1.44 bits per heavy atom. The van der Waals surface area contributed by atoms with Crippen molar-refractivity contribution in [2.75, 3.05) is 6.61 Å². The van der Waals surface area contributed by atoms with Crippen LogP contribution >= 0.6 is 11.6 Å². The van der Waals surface area contributed by atoms with Gasteiger partial charge in [0.05, 0.1) is 18.8 Å². The van der Waals surface area contributed by atoms with E-state index in [9.17, 15) is 9.59 Å². The highest BCUT2D eigenvalue weighted by molar-refractivity contribution is 6.31. The van der Waals surface area contributed by atoms with Crippen LogP contribution in [0.4, 0.5) is 0 Å². The van der Waals surface area contributed by atoms with Gasteiger partial charge >= 0.3 is 5.97 Å². The molecule has 0 aliphatic heterocycles. The third-order valence-electron chi connectivity index (χ3n) is 2.42. The first-order chi connectivity index (χ1) is 8.51. The summed E-state index contributed by atoms with van der Waals surface area (Å²) in [6.45, 7) is 3.10. The van der Waals surface area contributed by atoms with E-state index in [1.54, 1.807) is 19.1 Å². The highest BCUT2D eigenvalue weighted by atomic mass is 35.5. The van der Waals surface area contributed by atoms with Crippen molar-refractivity contribution in [3.8, 4) is 0 Å². The molecule has 0 radical (unpaired) electrons. The van der Waals surface area contributed by atoms with Gasteiger partial charge in [-0.15, -0.1) is 11.6 Å². The van der Waals surface area contributed by atoms with Gasteiger partial charge in [0.15, 0.2) is 5.78 Å². The summed E-state index contributed by atoms with van der Waals surface area (Å²) in [6, 6.07) is 4.65. The number of aliphatic hydroxyl groups is 1. The largest absolute Gasteiger partial charge is 0.462 e. The van der Waals surface area contributed by atoms with Gasteiger partial charge in [0.2, 0.25) is 0 Å². The Labute approximate surface area is 111 Å². The number of Topliss-reactive ketones (excluding diaryl/α,β-unsaturated/α-hetero) is 1. The maximum atomic E-state index is 11.7. The molecule has 0 aromatic heterocycles. The number of carbonyl (C=O) groups excluding carboxylic acids is 2. The van der Waals surface area contributed by atoms with Crippen molar-refractivity contribution in [3.63, 3.8) is 0 Å². The summed E-state index contributed by atoms with van der Waals surface area (Å²) in [6.07, 6.45) is 0. The Hall–Kier alpha value is -1.39. The molecule has 0 amide bonds. The third-order valence-corrected chi connectivity index (χ3v) is 2.97. The van der Waals surface area contributed by atoms with Crippen LogP contribution in [0, 0.1) is 0 Å². The number of esters is 1. The molecule has 0 spiro atoms. The van der Waals surface area contributed by atoms with E-state index in [1.165, 1.54) is 13.0 Å². The lowest BCUT2D eigenvalue weighted by atomic mass is 9.99. The molecule has 1 unspecified atom stereocenters. The van der Waals surface area contributed by atoms with Crippen molar-refractivity contribution < 1.29 is 19.4 Å². The highest BCUT2D eigenvalue weighted by Crippen LogP contribution is 2.27. The van der Waals surface area contributed by atoms with Crippen LogP contribution in [-0.4, -0.2) is 23.5 Å². The Kier molecular flexibility index (Phi) is 5.31. The van der Waals surface area contributed by atoms with Gasteiger partial charge in [-0.2, -0.15) is 0 Å². The Bertz CT molecular complexity index is 456. The number of aliphatic hydroxyl groups excluding tert-OH is 1. The van der Waals surface area contributed by atoms with Crippen LogP contribution in [0.5, 0.6) is 0 Å². The second-order valence-corrected chi connectivity index (χ2v) is 4.21. The van der Waals surface area contributed by atoms with Crippen LogP contribution in [-0.2, 0) is 16.1 Å². The van der Waals surface area contributed by atoms with Crippen LogP contribution in [0.2, 0.25) is 0 Å². The molecule has 1 rings (SSSR count). The van der Waals surface area contributed by atoms with E-state index in [-0.39, 0.29) is 24.6 Å². The van der Waals surface area contributed by atoms with Crippen LogP contribution in [0.1, 0.15) is 40.7 Å². The van der Waals surface area contributed by atoms with Gasteiger partial charge in [-0.1, -0.05) is 12.1 Å². The SMILES string of the molecule is CCOC(=O)c1ccc(CO)cc1C(Cl)C(C)=O. The lowest BCUT2D eigenvalue weighted by molar-refractivity contribution is -0.116. The summed E-state index contributed by atoms with van der Waals surface area (Å²) in [4.78, 5) is 23.1. The van der Waals surface area contributed by atoms with Crippen molar-refractivity contribution >= 4 is 23.4 Å². The lowest BCUT2D eigenvalue weighted by Crippen LogP contribution is -2.12. The Balaban J connectivity index is 3.24. The first kappa shape index (κ1) is 14.7. The fraction of sp³-hybridized carbons (Fsp3) is 0.385.